The molecular weight excluding hydrogens is 204 g/mol. The van der Waals surface area contributed by atoms with Crippen LogP contribution in [0.5, 0.6) is 11.5 Å². The number of hydrogen-bond acceptors (Lipinski definition) is 3. The quantitative estimate of drug-likeness (QED) is 0.835. The van der Waals surface area contributed by atoms with Crippen LogP contribution in [0.4, 0.5) is 0 Å². The second-order valence-electron chi connectivity index (χ2n) is 4.36. The Hall–Kier alpha value is -1.22. The number of ether oxygens (including phenoxy) is 2. The van der Waals surface area contributed by atoms with E-state index in [0.29, 0.717) is 25.6 Å². The predicted molar refractivity (Wildman–Crippen MR) is 61.8 cm³/mol. The Kier molecular flexibility index (Phi) is 3.34. The molecule has 0 bridgehead atoms. The van der Waals surface area contributed by atoms with Gasteiger partial charge in [0.15, 0.2) is 11.5 Å². The van der Waals surface area contributed by atoms with Gasteiger partial charge in [-0.3, -0.25) is 0 Å². The molecule has 1 heterocycles. The highest BCUT2D eigenvalue weighted by Gasteiger charge is 2.16. The van der Waals surface area contributed by atoms with Crippen molar-refractivity contribution < 1.29 is 14.6 Å². The van der Waals surface area contributed by atoms with Gasteiger partial charge in [0.2, 0.25) is 0 Å². The van der Waals surface area contributed by atoms with E-state index in [-0.39, 0.29) is 0 Å². The molecule has 1 unspecified atom stereocenters. The number of benzene rings is 1. The van der Waals surface area contributed by atoms with Crippen LogP contribution in [0.2, 0.25) is 0 Å². The topological polar surface area (TPSA) is 38.7 Å². The van der Waals surface area contributed by atoms with E-state index in [2.05, 4.69) is 6.92 Å². The minimum atomic E-state index is -0.422. The van der Waals surface area contributed by atoms with Crippen molar-refractivity contribution in [2.75, 3.05) is 13.2 Å². The normalized spacial score (nSPS) is 21.3. The lowest BCUT2D eigenvalue weighted by Crippen LogP contribution is -2.12. The van der Waals surface area contributed by atoms with Crippen LogP contribution in [-0.4, -0.2) is 18.3 Å². The molecule has 1 aromatic rings. The summed E-state index contributed by atoms with van der Waals surface area (Å²) in [4.78, 5) is 0. The van der Waals surface area contributed by atoms with Gasteiger partial charge in [-0.1, -0.05) is 19.9 Å². The standard InChI is InChI=1S/C13H18O3/c1-3-11(14)10-4-5-12-13(6-10)16-8-9(2)7-15-12/h4-6,9,11,14H,3,7-8H2,1-2H3/t9?,11-/m1/s1. The number of fused-ring (bicyclic) bond motifs is 1. The lowest BCUT2D eigenvalue weighted by molar-refractivity contribution is 0.173. The molecule has 0 spiro atoms. The molecule has 2 rings (SSSR count). The summed E-state index contributed by atoms with van der Waals surface area (Å²) in [6.45, 7) is 5.39. The molecule has 3 heteroatoms. The Morgan fingerprint density at radius 1 is 1.31 bits per heavy atom. The molecule has 3 nitrogen and oxygen atoms in total. The SMILES string of the molecule is CC[C@@H](O)c1ccc2c(c1)OCC(C)CO2. The van der Waals surface area contributed by atoms with E-state index in [0.717, 1.165) is 17.1 Å². The summed E-state index contributed by atoms with van der Waals surface area (Å²) < 4.78 is 11.3. The van der Waals surface area contributed by atoms with E-state index >= 15 is 0 Å². The van der Waals surface area contributed by atoms with Crippen molar-refractivity contribution in [2.24, 2.45) is 5.92 Å². The monoisotopic (exact) mass is 222 g/mol. The molecule has 0 aromatic heterocycles. The lowest BCUT2D eigenvalue weighted by atomic mass is 10.1. The van der Waals surface area contributed by atoms with Gasteiger partial charge in [0, 0.05) is 5.92 Å². The highest BCUT2D eigenvalue weighted by Crippen LogP contribution is 2.33. The van der Waals surface area contributed by atoms with Gasteiger partial charge in [0.05, 0.1) is 19.3 Å². The van der Waals surface area contributed by atoms with Crippen LogP contribution in [0.15, 0.2) is 18.2 Å². The van der Waals surface area contributed by atoms with Gasteiger partial charge in [0.25, 0.3) is 0 Å². The number of hydrogen-bond donors (Lipinski definition) is 1. The molecular formula is C13H18O3. The summed E-state index contributed by atoms with van der Waals surface area (Å²) in [5.41, 5.74) is 0.888. The van der Waals surface area contributed by atoms with E-state index in [1.807, 2.05) is 25.1 Å². The van der Waals surface area contributed by atoms with E-state index in [1.54, 1.807) is 0 Å². The average Bonchev–Trinajstić information content (AvgIpc) is 2.50. The van der Waals surface area contributed by atoms with Crippen LogP contribution in [0.3, 0.4) is 0 Å². The van der Waals surface area contributed by atoms with Crippen LogP contribution < -0.4 is 9.47 Å². The third kappa shape index (κ3) is 2.30. The van der Waals surface area contributed by atoms with Crippen LogP contribution in [0, 0.1) is 5.92 Å². The fraction of sp³-hybridized carbons (Fsp3) is 0.538. The first-order chi connectivity index (χ1) is 7.70. The van der Waals surface area contributed by atoms with Crippen molar-refractivity contribution in [1.29, 1.82) is 0 Å². The molecule has 88 valence electrons. The fourth-order valence-corrected chi connectivity index (χ4v) is 1.71. The maximum Gasteiger partial charge on any atom is 0.161 e. The third-order valence-corrected chi connectivity index (χ3v) is 2.79. The Balaban J connectivity index is 2.25. The molecule has 0 aliphatic carbocycles. The summed E-state index contributed by atoms with van der Waals surface area (Å²) in [5, 5.41) is 9.76. The molecule has 1 aliphatic rings. The highest BCUT2D eigenvalue weighted by molar-refractivity contribution is 5.44. The van der Waals surface area contributed by atoms with Gasteiger partial charge < -0.3 is 14.6 Å². The Morgan fingerprint density at radius 2 is 2.00 bits per heavy atom. The van der Waals surface area contributed by atoms with Gasteiger partial charge in [-0.05, 0) is 24.1 Å². The molecule has 0 fully saturated rings. The average molecular weight is 222 g/mol. The second kappa shape index (κ2) is 4.74. The van der Waals surface area contributed by atoms with Crippen LogP contribution >= 0.6 is 0 Å². The van der Waals surface area contributed by atoms with E-state index in [1.165, 1.54) is 0 Å². The van der Waals surface area contributed by atoms with Crippen molar-refractivity contribution in [3.05, 3.63) is 23.8 Å². The first kappa shape index (κ1) is 11.3. The number of aliphatic hydroxyl groups excluding tert-OH is 1. The summed E-state index contributed by atoms with van der Waals surface area (Å²) in [6, 6.07) is 5.65. The van der Waals surface area contributed by atoms with Gasteiger partial charge >= 0.3 is 0 Å². The Morgan fingerprint density at radius 3 is 2.69 bits per heavy atom. The van der Waals surface area contributed by atoms with Crippen LogP contribution in [0.25, 0.3) is 0 Å². The number of aliphatic hydroxyl groups is 1. The molecule has 1 aliphatic heterocycles. The van der Waals surface area contributed by atoms with E-state index in [9.17, 15) is 5.11 Å². The van der Waals surface area contributed by atoms with Crippen LogP contribution in [-0.2, 0) is 0 Å². The molecule has 16 heavy (non-hydrogen) atoms. The molecule has 0 amide bonds. The third-order valence-electron chi connectivity index (χ3n) is 2.79. The molecule has 0 saturated carbocycles. The number of rotatable bonds is 2. The van der Waals surface area contributed by atoms with Gasteiger partial charge in [0.1, 0.15) is 0 Å². The zero-order valence-corrected chi connectivity index (χ0v) is 9.77. The van der Waals surface area contributed by atoms with Crippen molar-refractivity contribution in [2.45, 2.75) is 26.4 Å². The maximum absolute atomic E-state index is 9.76. The summed E-state index contributed by atoms with van der Waals surface area (Å²) >= 11 is 0. The van der Waals surface area contributed by atoms with Crippen molar-refractivity contribution >= 4 is 0 Å². The van der Waals surface area contributed by atoms with Crippen molar-refractivity contribution in [1.82, 2.24) is 0 Å². The molecule has 1 aromatic carbocycles. The first-order valence-electron chi connectivity index (χ1n) is 5.78. The predicted octanol–water partition coefficient (Wildman–Crippen LogP) is 2.54. The minimum absolute atomic E-state index is 0.395. The van der Waals surface area contributed by atoms with Gasteiger partial charge in [-0.15, -0.1) is 0 Å². The molecule has 0 saturated heterocycles. The first-order valence-corrected chi connectivity index (χ1v) is 5.78. The largest absolute Gasteiger partial charge is 0.489 e. The van der Waals surface area contributed by atoms with E-state index < -0.39 is 6.10 Å². The van der Waals surface area contributed by atoms with Gasteiger partial charge in [-0.2, -0.15) is 0 Å². The smallest absolute Gasteiger partial charge is 0.161 e. The summed E-state index contributed by atoms with van der Waals surface area (Å²) in [5.74, 6) is 1.91. The zero-order valence-electron chi connectivity index (χ0n) is 9.77. The Labute approximate surface area is 96.0 Å². The second-order valence-corrected chi connectivity index (χ2v) is 4.36. The van der Waals surface area contributed by atoms with Crippen molar-refractivity contribution in [3.8, 4) is 11.5 Å². The summed E-state index contributed by atoms with van der Waals surface area (Å²) in [7, 11) is 0. The zero-order chi connectivity index (χ0) is 11.5. The highest BCUT2D eigenvalue weighted by atomic mass is 16.5. The van der Waals surface area contributed by atoms with E-state index in [4.69, 9.17) is 9.47 Å². The van der Waals surface area contributed by atoms with Crippen LogP contribution in [0.1, 0.15) is 31.9 Å². The molecule has 0 radical (unpaired) electrons. The maximum atomic E-state index is 9.76. The molecule has 1 N–H and O–H groups in total. The van der Waals surface area contributed by atoms with Gasteiger partial charge in [-0.25, -0.2) is 0 Å². The Bertz CT molecular complexity index is 362. The van der Waals surface area contributed by atoms with Crippen molar-refractivity contribution in [3.63, 3.8) is 0 Å². The fourth-order valence-electron chi connectivity index (χ4n) is 1.71. The lowest BCUT2D eigenvalue weighted by Gasteiger charge is -2.12. The summed E-state index contributed by atoms with van der Waals surface area (Å²) in [6.07, 6.45) is 0.283. The minimum Gasteiger partial charge on any atom is -0.489 e. The molecule has 2 atom stereocenters.